The second kappa shape index (κ2) is 7.80. The second-order valence-electron chi connectivity index (χ2n) is 7.21. The van der Waals surface area contributed by atoms with Gasteiger partial charge in [-0.2, -0.15) is 0 Å². The lowest BCUT2D eigenvalue weighted by atomic mass is 10.1. The van der Waals surface area contributed by atoms with E-state index in [2.05, 4.69) is 34.7 Å². The van der Waals surface area contributed by atoms with Gasteiger partial charge >= 0.3 is 0 Å². The zero-order chi connectivity index (χ0) is 17.9. The third-order valence-corrected chi connectivity index (χ3v) is 6.44. The normalized spacial score (nSPS) is 16.7. The summed E-state index contributed by atoms with van der Waals surface area (Å²) in [7, 11) is 0. The molecule has 0 aliphatic carbocycles. The number of para-hydroxylation sites is 2. The Kier molecular flexibility index (Phi) is 5.27. The number of nitrogens with one attached hydrogen (secondary N) is 1. The van der Waals surface area contributed by atoms with Gasteiger partial charge < -0.3 is 5.32 Å². The third-order valence-electron chi connectivity index (χ3n) is 5.36. The summed E-state index contributed by atoms with van der Waals surface area (Å²) in [6, 6.07) is 8.19. The van der Waals surface area contributed by atoms with E-state index in [-0.39, 0.29) is 5.91 Å². The highest BCUT2D eigenvalue weighted by Gasteiger charge is 2.29. The summed E-state index contributed by atoms with van der Waals surface area (Å²) >= 11 is 1.81. The number of rotatable bonds is 5. The number of fused-ring (bicyclic) bond motifs is 2. The monoisotopic (exact) mass is 369 g/mol. The molecule has 26 heavy (non-hydrogen) atoms. The van der Waals surface area contributed by atoms with Crippen molar-refractivity contribution in [3.8, 4) is 0 Å². The van der Waals surface area contributed by atoms with Gasteiger partial charge in [-0.15, -0.1) is 11.3 Å². The second-order valence-corrected chi connectivity index (χ2v) is 8.17. The van der Waals surface area contributed by atoms with Gasteiger partial charge in [-0.05, 0) is 50.9 Å². The van der Waals surface area contributed by atoms with Crippen LogP contribution >= 0.6 is 11.3 Å². The molecule has 5 heteroatoms. The minimum atomic E-state index is 0.184. The van der Waals surface area contributed by atoms with Gasteiger partial charge in [-0.1, -0.05) is 25.5 Å². The smallest absolute Gasteiger partial charge is 0.245 e. The number of thiophene rings is 1. The topological polar surface area (TPSA) is 35.6 Å². The van der Waals surface area contributed by atoms with E-state index in [0.29, 0.717) is 6.54 Å². The van der Waals surface area contributed by atoms with Crippen molar-refractivity contribution >= 4 is 34.3 Å². The van der Waals surface area contributed by atoms with Crippen molar-refractivity contribution in [2.75, 3.05) is 29.9 Å². The average molecular weight is 370 g/mol. The fourth-order valence-corrected chi connectivity index (χ4v) is 5.02. The molecule has 2 aliphatic heterocycles. The largest absolute Gasteiger partial charge is 0.379 e. The molecule has 1 amide bonds. The quantitative estimate of drug-likeness (QED) is 0.824. The van der Waals surface area contributed by atoms with Gasteiger partial charge in [0, 0.05) is 22.4 Å². The Morgan fingerprint density at radius 1 is 1.19 bits per heavy atom. The SMILES string of the molecule is CCCCc1scc2c1CNc1ccccc1N2C(=O)CN1CCCC1. The molecule has 1 aromatic heterocycles. The molecule has 0 atom stereocenters. The zero-order valence-electron chi connectivity index (χ0n) is 15.5. The van der Waals surface area contributed by atoms with E-state index in [1.165, 1.54) is 36.1 Å². The highest BCUT2D eigenvalue weighted by molar-refractivity contribution is 7.10. The van der Waals surface area contributed by atoms with Gasteiger partial charge in [0.25, 0.3) is 0 Å². The van der Waals surface area contributed by atoms with Crippen molar-refractivity contribution in [1.82, 2.24) is 4.90 Å². The molecule has 0 saturated carbocycles. The van der Waals surface area contributed by atoms with E-state index in [9.17, 15) is 4.79 Å². The molecule has 138 valence electrons. The molecule has 4 rings (SSSR count). The lowest BCUT2D eigenvalue weighted by Crippen LogP contribution is -2.36. The molecule has 3 heterocycles. The van der Waals surface area contributed by atoms with E-state index in [0.717, 1.165) is 43.1 Å². The maximum Gasteiger partial charge on any atom is 0.245 e. The first kappa shape index (κ1) is 17.6. The summed E-state index contributed by atoms with van der Waals surface area (Å²) in [5, 5.41) is 5.75. The molecule has 0 radical (unpaired) electrons. The number of amides is 1. The van der Waals surface area contributed by atoms with Crippen LogP contribution in [0.5, 0.6) is 0 Å². The minimum Gasteiger partial charge on any atom is -0.379 e. The predicted molar refractivity (Wildman–Crippen MR) is 110 cm³/mol. The number of nitrogens with zero attached hydrogens (tertiary/aromatic N) is 2. The van der Waals surface area contributed by atoms with Crippen LogP contribution in [0, 0.1) is 0 Å². The number of anilines is 3. The van der Waals surface area contributed by atoms with Crippen LogP contribution < -0.4 is 10.2 Å². The van der Waals surface area contributed by atoms with Crippen LogP contribution in [-0.2, 0) is 17.8 Å². The van der Waals surface area contributed by atoms with E-state index in [1.54, 1.807) is 11.3 Å². The van der Waals surface area contributed by atoms with Crippen molar-refractivity contribution in [3.05, 3.63) is 40.1 Å². The summed E-state index contributed by atoms with van der Waals surface area (Å²) in [6.45, 7) is 5.61. The fraction of sp³-hybridized carbons (Fsp3) is 0.476. The summed E-state index contributed by atoms with van der Waals surface area (Å²) in [6.07, 6.45) is 5.90. The molecule has 2 aromatic rings. The van der Waals surface area contributed by atoms with Gasteiger partial charge in [0.2, 0.25) is 5.91 Å². The summed E-state index contributed by atoms with van der Waals surface area (Å²) in [5.41, 5.74) is 4.41. The Morgan fingerprint density at radius 3 is 2.81 bits per heavy atom. The summed E-state index contributed by atoms with van der Waals surface area (Å²) in [5.74, 6) is 0.184. The fourth-order valence-electron chi connectivity index (χ4n) is 3.94. The molecular formula is C21H27N3OS. The Bertz CT molecular complexity index is 779. The van der Waals surface area contributed by atoms with Crippen molar-refractivity contribution < 1.29 is 4.79 Å². The van der Waals surface area contributed by atoms with Crippen LogP contribution in [-0.4, -0.2) is 30.4 Å². The Balaban J connectivity index is 1.70. The molecule has 0 bridgehead atoms. The Hall–Kier alpha value is -1.85. The number of carbonyl (C=O) groups is 1. The predicted octanol–water partition coefficient (Wildman–Crippen LogP) is 4.78. The van der Waals surface area contributed by atoms with Crippen LogP contribution in [0.1, 0.15) is 43.0 Å². The standard InChI is InChI=1S/C21H27N3OS/c1-2-3-10-20-16-13-22-17-8-4-5-9-18(17)24(19(16)15-26-20)21(25)14-23-11-6-7-12-23/h4-5,8-9,15,22H,2-3,6-7,10-14H2,1H3. The van der Waals surface area contributed by atoms with Gasteiger partial charge in [0.1, 0.15) is 0 Å². The van der Waals surface area contributed by atoms with Crippen molar-refractivity contribution in [1.29, 1.82) is 0 Å². The summed E-state index contributed by atoms with van der Waals surface area (Å²) in [4.78, 5) is 19.0. The van der Waals surface area contributed by atoms with Gasteiger partial charge in [0.15, 0.2) is 0 Å². The van der Waals surface area contributed by atoms with E-state index >= 15 is 0 Å². The Morgan fingerprint density at radius 2 is 2.00 bits per heavy atom. The average Bonchev–Trinajstić information content (AvgIpc) is 3.26. The molecular weight excluding hydrogens is 342 g/mol. The first-order valence-electron chi connectivity index (χ1n) is 9.75. The van der Waals surface area contributed by atoms with Gasteiger partial charge in [-0.3, -0.25) is 14.6 Å². The van der Waals surface area contributed by atoms with Crippen LogP contribution in [0.25, 0.3) is 0 Å². The highest BCUT2D eigenvalue weighted by atomic mass is 32.1. The molecule has 1 N–H and O–H groups in total. The number of carbonyl (C=O) groups excluding carboxylic acids is 1. The maximum atomic E-state index is 13.3. The third kappa shape index (κ3) is 3.38. The van der Waals surface area contributed by atoms with E-state index in [4.69, 9.17) is 0 Å². The number of hydrogen-bond acceptors (Lipinski definition) is 4. The molecule has 1 fully saturated rings. The lowest BCUT2D eigenvalue weighted by molar-refractivity contribution is -0.118. The molecule has 4 nitrogen and oxygen atoms in total. The molecule has 0 unspecified atom stereocenters. The van der Waals surface area contributed by atoms with Crippen molar-refractivity contribution in [2.24, 2.45) is 0 Å². The zero-order valence-corrected chi connectivity index (χ0v) is 16.3. The molecule has 1 saturated heterocycles. The van der Waals surface area contributed by atoms with Crippen molar-refractivity contribution in [3.63, 3.8) is 0 Å². The number of benzene rings is 1. The lowest BCUT2D eigenvalue weighted by Gasteiger charge is -2.25. The van der Waals surface area contributed by atoms with E-state index in [1.807, 2.05) is 17.0 Å². The number of hydrogen-bond donors (Lipinski definition) is 1. The first-order chi connectivity index (χ1) is 12.8. The first-order valence-corrected chi connectivity index (χ1v) is 10.6. The highest BCUT2D eigenvalue weighted by Crippen LogP contribution is 2.42. The molecule has 1 aromatic carbocycles. The van der Waals surface area contributed by atoms with Gasteiger partial charge in [-0.25, -0.2) is 0 Å². The number of unbranched alkanes of at least 4 members (excludes halogenated alkanes) is 1. The van der Waals surface area contributed by atoms with Crippen LogP contribution in [0.2, 0.25) is 0 Å². The minimum absolute atomic E-state index is 0.184. The summed E-state index contributed by atoms with van der Waals surface area (Å²) < 4.78 is 0. The van der Waals surface area contributed by atoms with Crippen molar-refractivity contribution in [2.45, 2.75) is 45.6 Å². The molecule has 2 aliphatic rings. The van der Waals surface area contributed by atoms with Gasteiger partial charge in [0.05, 0.1) is 23.6 Å². The number of likely N-dealkylation sites (tertiary alicyclic amines) is 1. The Labute approximate surface area is 159 Å². The van der Waals surface area contributed by atoms with E-state index < -0.39 is 0 Å². The van der Waals surface area contributed by atoms with Crippen LogP contribution in [0.4, 0.5) is 17.1 Å². The van der Waals surface area contributed by atoms with Crippen LogP contribution in [0.3, 0.4) is 0 Å². The maximum absolute atomic E-state index is 13.3. The number of aryl methyl sites for hydroxylation is 1. The van der Waals surface area contributed by atoms with Crippen LogP contribution in [0.15, 0.2) is 29.6 Å². The molecule has 0 spiro atoms.